The average molecular weight is 375 g/mol. The van der Waals surface area contributed by atoms with Gasteiger partial charge in [-0.25, -0.2) is 12.8 Å². The highest BCUT2D eigenvalue weighted by Crippen LogP contribution is 2.23. The summed E-state index contributed by atoms with van der Waals surface area (Å²) in [5.41, 5.74) is 0.473. The van der Waals surface area contributed by atoms with E-state index in [-0.39, 0.29) is 23.2 Å². The van der Waals surface area contributed by atoms with Crippen molar-refractivity contribution in [2.24, 2.45) is 5.92 Å². The van der Waals surface area contributed by atoms with E-state index in [1.165, 1.54) is 6.07 Å². The fourth-order valence-electron chi connectivity index (χ4n) is 3.28. The molecule has 1 aromatic rings. The van der Waals surface area contributed by atoms with Crippen LogP contribution in [0.4, 0.5) is 4.39 Å². The molecule has 0 radical (unpaired) electrons. The first-order valence-corrected chi connectivity index (χ1v) is 10.2. The Hall–Kier alpha value is -1.18. The van der Waals surface area contributed by atoms with Gasteiger partial charge in [0, 0.05) is 43.3 Å². The highest BCUT2D eigenvalue weighted by molar-refractivity contribution is 7.91. The maximum atomic E-state index is 13.9. The van der Waals surface area contributed by atoms with E-state index < -0.39 is 15.8 Å². The molecule has 2 aliphatic rings. The molecule has 1 atom stereocenters. The maximum absolute atomic E-state index is 13.9. The summed E-state index contributed by atoms with van der Waals surface area (Å²) in [5.74, 6) is -0.717. The van der Waals surface area contributed by atoms with Gasteiger partial charge < -0.3 is 4.90 Å². The van der Waals surface area contributed by atoms with Crippen molar-refractivity contribution in [3.8, 4) is 0 Å². The summed E-state index contributed by atoms with van der Waals surface area (Å²) in [5, 5.41) is 0.407. The first-order chi connectivity index (χ1) is 11.4. The molecule has 3 rings (SSSR count). The van der Waals surface area contributed by atoms with E-state index in [9.17, 15) is 17.6 Å². The number of sulfone groups is 1. The number of hydrogen-bond acceptors (Lipinski definition) is 4. The molecule has 24 heavy (non-hydrogen) atoms. The van der Waals surface area contributed by atoms with Crippen LogP contribution in [0, 0.1) is 11.7 Å². The SMILES string of the molecule is O=C(C1CCS(=O)(=O)C1)N1CCN(Cc2c(F)cccc2Cl)CC1. The number of carbonyl (C=O) groups is 1. The molecule has 0 N–H and O–H groups in total. The molecular formula is C16H20ClFN2O3S. The summed E-state index contributed by atoms with van der Waals surface area (Å²) in [4.78, 5) is 16.2. The fourth-order valence-corrected chi connectivity index (χ4v) is 5.24. The molecule has 1 amide bonds. The van der Waals surface area contributed by atoms with Gasteiger partial charge in [0.25, 0.3) is 0 Å². The number of halogens is 2. The van der Waals surface area contributed by atoms with Crippen molar-refractivity contribution in [1.82, 2.24) is 9.80 Å². The van der Waals surface area contributed by atoms with Gasteiger partial charge in [-0.15, -0.1) is 0 Å². The first kappa shape index (κ1) is 17.6. The maximum Gasteiger partial charge on any atom is 0.226 e. The van der Waals surface area contributed by atoms with Gasteiger partial charge in [0.1, 0.15) is 5.82 Å². The van der Waals surface area contributed by atoms with E-state index in [1.54, 1.807) is 17.0 Å². The molecule has 0 aromatic heterocycles. The Bertz CT molecular complexity index is 713. The molecule has 0 saturated carbocycles. The van der Waals surface area contributed by atoms with Crippen molar-refractivity contribution < 1.29 is 17.6 Å². The third kappa shape index (κ3) is 3.90. The second kappa shape index (κ2) is 6.98. The number of amides is 1. The van der Waals surface area contributed by atoms with Crippen LogP contribution in [-0.2, 0) is 21.2 Å². The molecule has 2 heterocycles. The van der Waals surface area contributed by atoms with Crippen LogP contribution in [0.1, 0.15) is 12.0 Å². The molecule has 0 spiro atoms. The predicted molar refractivity (Wildman–Crippen MR) is 90.0 cm³/mol. The molecule has 1 unspecified atom stereocenters. The molecule has 0 bridgehead atoms. The largest absolute Gasteiger partial charge is 0.340 e. The number of nitrogens with zero attached hydrogens (tertiary/aromatic N) is 2. The highest BCUT2D eigenvalue weighted by atomic mass is 35.5. The quantitative estimate of drug-likeness (QED) is 0.805. The first-order valence-electron chi connectivity index (χ1n) is 8.00. The van der Waals surface area contributed by atoms with Crippen molar-refractivity contribution in [1.29, 1.82) is 0 Å². The standard InChI is InChI=1S/C16H20ClFN2O3S/c17-14-2-1-3-15(18)13(14)10-19-5-7-20(8-6-19)16(21)12-4-9-24(22,23)11-12/h1-3,12H,4-11H2. The lowest BCUT2D eigenvalue weighted by molar-refractivity contribution is -0.136. The van der Waals surface area contributed by atoms with E-state index in [0.29, 0.717) is 49.7 Å². The predicted octanol–water partition coefficient (Wildman–Crippen LogP) is 1.56. The van der Waals surface area contributed by atoms with E-state index in [0.717, 1.165) is 0 Å². The van der Waals surface area contributed by atoms with Crippen molar-refractivity contribution in [2.45, 2.75) is 13.0 Å². The zero-order valence-corrected chi connectivity index (χ0v) is 14.8. The molecular weight excluding hydrogens is 355 g/mol. The van der Waals surface area contributed by atoms with Crippen molar-refractivity contribution in [3.63, 3.8) is 0 Å². The van der Waals surface area contributed by atoms with Crippen molar-refractivity contribution in [3.05, 3.63) is 34.6 Å². The van der Waals surface area contributed by atoms with Crippen LogP contribution in [0.25, 0.3) is 0 Å². The Morgan fingerprint density at radius 1 is 1.25 bits per heavy atom. The zero-order chi connectivity index (χ0) is 17.3. The van der Waals surface area contributed by atoms with Crippen molar-refractivity contribution in [2.75, 3.05) is 37.7 Å². The Labute approximate surface area is 146 Å². The molecule has 132 valence electrons. The average Bonchev–Trinajstić information content (AvgIpc) is 2.91. The number of benzene rings is 1. The minimum Gasteiger partial charge on any atom is -0.340 e. The summed E-state index contributed by atoms with van der Waals surface area (Å²) in [6, 6.07) is 4.63. The van der Waals surface area contributed by atoms with Crippen molar-refractivity contribution >= 4 is 27.3 Å². The lowest BCUT2D eigenvalue weighted by Crippen LogP contribution is -2.50. The van der Waals surface area contributed by atoms with Crippen LogP contribution in [0.2, 0.25) is 5.02 Å². The second-order valence-electron chi connectivity index (χ2n) is 6.40. The van der Waals surface area contributed by atoms with Gasteiger partial charge in [-0.1, -0.05) is 17.7 Å². The number of carbonyl (C=O) groups excluding carboxylic acids is 1. The van der Waals surface area contributed by atoms with Crippen LogP contribution in [0.15, 0.2) is 18.2 Å². The molecule has 2 saturated heterocycles. The topological polar surface area (TPSA) is 57.7 Å². The van der Waals surface area contributed by atoms with Crippen LogP contribution < -0.4 is 0 Å². The molecule has 5 nitrogen and oxygen atoms in total. The normalized spacial score (nSPS) is 24.2. The van der Waals surface area contributed by atoms with Gasteiger partial charge in [0.15, 0.2) is 9.84 Å². The van der Waals surface area contributed by atoms with E-state index in [2.05, 4.69) is 4.90 Å². The third-order valence-corrected chi connectivity index (χ3v) is 6.83. The van der Waals surface area contributed by atoms with Gasteiger partial charge in [0.05, 0.1) is 17.4 Å². The number of piperazine rings is 1. The molecule has 1 aromatic carbocycles. The smallest absolute Gasteiger partial charge is 0.226 e. The number of hydrogen-bond donors (Lipinski definition) is 0. The van der Waals surface area contributed by atoms with E-state index in [4.69, 9.17) is 11.6 Å². The molecule has 0 aliphatic carbocycles. The summed E-state index contributed by atoms with van der Waals surface area (Å²) in [7, 11) is -3.05. The summed E-state index contributed by atoms with van der Waals surface area (Å²) >= 11 is 6.05. The second-order valence-corrected chi connectivity index (χ2v) is 9.04. The zero-order valence-electron chi connectivity index (χ0n) is 13.2. The Morgan fingerprint density at radius 2 is 1.96 bits per heavy atom. The highest BCUT2D eigenvalue weighted by Gasteiger charge is 2.36. The minimum absolute atomic E-state index is 0.0309. The lowest BCUT2D eigenvalue weighted by Gasteiger charge is -2.36. The molecule has 2 fully saturated rings. The fraction of sp³-hybridized carbons (Fsp3) is 0.562. The Morgan fingerprint density at radius 3 is 2.54 bits per heavy atom. The third-order valence-electron chi connectivity index (χ3n) is 4.71. The Balaban J connectivity index is 1.55. The van der Waals surface area contributed by atoms with Crippen LogP contribution in [-0.4, -0.2) is 61.8 Å². The van der Waals surface area contributed by atoms with Gasteiger partial charge in [-0.05, 0) is 18.6 Å². The van der Waals surface area contributed by atoms with Gasteiger partial charge >= 0.3 is 0 Å². The Kier molecular flexibility index (Phi) is 5.13. The molecule has 2 aliphatic heterocycles. The van der Waals surface area contributed by atoms with Crippen LogP contribution >= 0.6 is 11.6 Å². The lowest BCUT2D eigenvalue weighted by atomic mass is 10.1. The van der Waals surface area contributed by atoms with E-state index in [1.807, 2.05) is 0 Å². The molecule has 8 heteroatoms. The van der Waals surface area contributed by atoms with Crippen LogP contribution in [0.5, 0.6) is 0 Å². The minimum atomic E-state index is -3.05. The van der Waals surface area contributed by atoms with Gasteiger partial charge in [0.2, 0.25) is 5.91 Å². The summed E-state index contributed by atoms with van der Waals surface area (Å²) < 4.78 is 36.9. The van der Waals surface area contributed by atoms with E-state index >= 15 is 0 Å². The van der Waals surface area contributed by atoms with Gasteiger partial charge in [-0.3, -0.25) is 9.69 Å². The number of rotatable bonds is 3. The summed E-state index contributed by atoms with van der Waals surface area (Å²) in [6.45, 7) is 2.71. The van der Waals surface area contributed by atoms with Gasteiger partial charge in [-0.2, -0.15) is 0 Å². The summed E-state index contributed by atoms with van der Waals surface area (Å²) in [6.07, 6.45) is 0.423. The monoisotopic (exact) mass is 374 g/mol. The van der Waals surface area contributed by atoms with Crippen LogP contribution in [0.3, 0.4) is 0 Å².